The highest BCUT2D eigenvalue weighted by atomic mass is 16.2. The second-order valence-electron chi connectivity index (χ2n) is 5.31. The Morgan fingerprint density at radius 1 is 1.26 bits per heavy atom. The Morgan fingerprint density at radius 2 is 2.00 bits per heavy atom. The molecule has 104 valence electrons. The van der Waals surface area contributed by atoms with Crippen molar-refractivity contribution >= 4 is 5.91 Å². The zero-order chi connectivity index (χ0) is 13.7. The number of rotatable bonds is 4. The molecular formula is C16H24N2O. The van der Waals surface area contributed by atoms with Gasteiger partial charge in [0.15, 0.2) is 0 Å². The number of hydrogen-bond acceptors (Lipinski definition) is 2. The van der Waals surface area contributed by atoms with Gasteiger partial charge in [0, 0.05) is 38.6 Å². The third kappa shape index (κ3) is 3.80. The topological polar surface area (TPSA) is 23.6 Å². The van der Waals surface area contributed by atoms with Gasteiger partial charge in [-0.25, -0.2) is 0 Å². The van der Waals surface area contributed by atoms with Crippen molar-refractivity contribution in [3.8, 4) is 0 Å². The van der Waals surface area contributed by atoms with Crippen LogP contribution in [0.3, 0.4) is 0 Å². The van der Waals surface area contributed by atoms with Crippen LogP contribution in [0.1, 0.15) is 25.8 Å². The zero-order valence-electron chi connectivity index (χ0n) is 12.0. The van der Waals surface area contributed by atoms with Crippen molar-refractivity contribution in [1.82, 2.24) is 9.80 Å². The van der Waals surface area contributed by atoms with E-state index < -0.39 is 0 Å². The molecule has 1 amide bonds. The maximum Gasteiger partial charge on any atom is 0.222 e. The minimum Gasteiger partial charge on any atom is -0.340 e. The van der Waals surface area contributed by atoms with Crippen LogP contribution in [0, 0.1) is 0 Å². The number of amides is 1. The normalized spacial score (nSPS) is 20.5. The lowest BCUT2D eigenvalue weighted by atomic mass is 10.1. The lowest BCUT2D eigenvalue weighted by Crippen LogP contribution is -2.53. The van der Waals surface area contributed by atoms with Crippen molar-refractivity contribution < 1.29 is 4.79 Å². The van der Waals surface area contributed by atoms with Gasteiger partial charge >= 0.3 is 0 Å². The molecule has 1 aliphatic heterocycles. The van der Waals surface area contributed by atoms with Crippen molar-refractivity contribution in [3.05, 3.63) is 35.9 Å². The van der Waals surface area contributed by atoms with Gasteiger partial charge in [-0.2, -0.15) is 0 Å². The molecule has 0 saturated carbocycles. The Labute approximate surface area is 116 Å². The van der Waals surface area contributed by atoms with E-state index in [1.165, 1.54) is 5.56 Å². The van der Waals surface area contributed by atoms with E-state index in [9.17, 15) is 4.79 Å². The number of carbonyl (C=O) groups is 1. The van der Waals surface area contributed by atoms with Crippen molar-refractivity contribution in [2.24, 2.45) is 0 Å². The molecule has 1 atom stereocenters. The van der Waals surface area contributed by atoms with Gasteiger partial charge in [0.25, 0.3) is 0 Å². The van der Waals surface area contributed by atoms with Crippen LogP contribution in [-0.2, 0) is 11.2 Å². The second kappa shape index (κ2) is 6.71. The Hall–Kier alpha value is -1.35. The second-order valence-corrected chi connectivity index (χ2v) is 5.31. The first-order valence-electron chi connectivity index (χ1n) is 7.26. The van der Waals surface area contributed by atoms with Crippen LogP contribution in [0.5, 0.6) is 0 Å². The minimum absolute atomic E-state index is 0.287. The summed E-state index contributed by atoms with van der Waals surface area (Å²) in [7, 11) is 0. The zero-order valence-corrected chi connectivity index (χ0v) is 12.0. The van der Waals surface area contributed by atoms with Gasteiger partial charge in [-0.1, -0.05) is 37.3 Å². The van der Waals surface area contributed by atoms with Crippen molar-refractivity contribution in [2.75, 3.05) is 26.2 Å². The third-order valence-corrected chi connectivity index (χ3v) is 3.95. The smallest absolute Gasteiger partial charge is 0.222 e. The van der Waals surface area contributed by atoms with Crippen LogP contribution < -0.4 is 0 Å². The van der Waals surface area contributed by atoms with E-state index in [1.54, 1.807) is 0 Å². The highest BCUT2D eigenvalue weighted by Gasteiger charge is 2.25. The van der Waals surface area contributed by atoms with Crippen LogP contribution >= 0.6 is 0 Å². The standard InChI is InChI=1S/C16H24N2O/c1-3-16(19)18-12-11-17(14(2)13-18)10-9-15-7-5-4-6-8-15/h4-8,14H,3,9-13H2,1-2H3. The third-order valence-electron chi connectivity index (χ3n) is 3.95. The van der Waals surface area contributed by atoms with Crippen LogP contribution in [0.2, 0.25) is 0 Å². The lowest BCUT2D eigenvalue weighted by molar-refractivity contribution is -0.133. The molecule has 1 aromatic rings. The largest absolute Gasteiger partial charge is 0.340 e. The molecule has 3 nitrogen and oxygen atoms in total. The van der Waals surface area contributed by atoms with E-state index in [2.05, 4.69) is 42.2 Å². The lowest BCUT2D eigenvalue weighted by Gasteiger charge is -2.39. The molecule has 1 unspecified atom stereocenters. The number of benzene rings is 1. The Morgan fingerprint density at radius 3 is 2.63 bits per heavy atom. The fourth-order valence-corrected chi connectivity index (χ4v) is 2.69. The molecule has 1 heterocycles. The van der Waals surface area contributed by atoms with Crippen molar-refractivity contribution in [1.29, 1.82) is 0 Å². The monoisotopic (exact) mass is 260 g/mol. The van der Waals surface area contributed by atoms with E-state index in [-0.39, 0.29) is 5.91 Å². The van der Waals surface area contributed by atoms with Gasteiger partial charge in [-0.05, 0) is 18.9 Å². The first kappa shape index (κ1) is 14.1. The van der Waals surface area contributed by atoms with Crippen molar-refractivity contribution in [2.45, 2.75) is 32.7 Å². The molecule has 1 saturated heterocycles. The van der Waals surface area contributed by atoms with E-state index in [1.807, 2.05) is 11.8 Å². The maximum atomic E-state index is 11.7. The molecule has 0 aromatic heterocycles. The van der Waals surface area contributed by atoms with E-state index in [4.69, 9.17) is 0 Å². The Kier molecular flexibility index (Phi) is 4.97. The van der Waals surface area contributed by atoms with Gasteiger partial charge in [0.05, 0.1) is 0 Å². The van der Waals surface area contributed by atoms with E-state index in [0.717, 1.165) is 32.6 Å². The van der Waals surface area contributed by atoms with Gasteiger partial charge in [0.1, 0.15) is 0 Å². The summed E-state index contributed by atoms with van der Waals surface area (Å²) in [6, 6.07) is 11.1. The summed E-state index contributed by atoms with van der Waals surface area (Å²) in [5.74, 6) is 0.287. The fourth-order valence-electron chi connectivity index (χ4n) is 2.69. The molecule has 19 heavy (non-hydrogen) atoms. The fraction of sp³-hybridized carbons (Fsp3) is 0.562. The molecular weight excluding hydrogens is 236 g/mol. The quantitative estimate of drug-likeness (QED) is 0.828. The molecule has 1 fully saturated rings. The summed E-state index contributed by atoms with van der Waals surface area (Å²) in [5.41, 5.74) is 1.39. The van der Waals surface area contributed by atoms with Crippen molar-refractivity contribution in [3.63, 3.8) is 0 Å². The number of nitrogens with zero attached hydrogens (tertiary/aromatic N) is 2. The SMILES string of the molecule is CCC(=O)N1CCN(CCc2ccccc2)C(C)C1. The average Bonchev–Trinajstić information content (AvgIpc) is 2.46. The first-order chi connectivity index (χ1) is 9.20. The van der Waals surface area contributed by atoms with Crippen LogP contribution in [0.4, 0.5) is 0 Å². The molecule has 0 aliphatic carbocycles. The summed E-state index contributed by atoms with van der Waals surface area (Å²) in [6.45, 7) is 8.00. The van der Waals surface area contributed by atoms with Crippen LogP contribution in [0.15, 0.2) is 30.3 Å². The minimum atomic E-state index is 0.287. The molecule has 0 bridgehead atoms. The van der Waals surface area contributed by atoms with E-state index in [0.29, 0.717) is 12.5 Å². The predicted molar refractivity (Wildman–Crippen MR) is 78.1 cm³/mol. The maximum absolute atomic E-state index is 11.7. The molecule has 0 spiro atoms. The predicted octanol–water partition coefficient (Wildman–Crippen LogP) is 2.17. The highest BCUT2D eigenvalue weighted by molar-refractivity contribution is 5.75. The number of piperazine rings is 1. The molecule has 3 heteroatoms. The Balaban J connectivity index is 1.82. The molecule has 1 aliphatic rings. The van der Waals surface area contributed by atoms with Crippen LogP contribution in [0.25, 0.3) is 0 Å². The van der Waals surface area contributed by atoms with Crippen LogP contribution in [-0.4, -0.2) is 47.9 Å². The van der Waals surface area contributed by atoms with Gasteiger partial charge in [0.2, 0.25) is 5.91 Å². The summed E-state index contributed by atoms with van der Waals surface area (Å²) in [6.07, 6.45) is 1.71. The summed E-state index contributed by atoms with van der Waals surface area (Å²) in [5, 5.41) is 0. The summed E-state index contributed by atoms with van der Waals surface area (Å²) in [4.78, 5) is 16.2. The first-order valence-corrected chi connectivity index (χ1v) is 7.26. The summed E-state index contributed by atoms with van der Waals surface area (Å²) >= 11 is 0. The number of carbonyl (C=O) groups excluding carboxylic acids is 1. The van der Waals surface area contributed by atoms with Gasteiger partial charge in [-0.15, -0.1) is 0 Å². The average molecular weight is 260 g/mol. The van der Waals surface area contributed by atoms with Gasteiger partial charge in [-0.3, -0.25) is 9.69 Å². The summed E-state index contributed by atoms with van der Waals surface area (Å²) < 4.78 is 0. The van der Waals surface area contributed by atoms with Gasteiger partial charge < -0.3 is 4.90 Å². The molecule has 2 rings (SSSR count). The molecule has 0 N–H and O–H groups in total. The number of hydrogen-bond donors (Lipinski definition) is 0. The molecule has 1 aromatic carbocycles. The van der Waals surface area contributed by atoms with E-state index >= 15 is 0 Å². The Bertz CT molecular complexity index is 404. The molecule has 0 radical (unpaired) electrons. The highest BCUT2D eigenvalue weighted by Crippen LogP contribution is 2.12.